The summed E-state index contributed by atoms with van der Waals surface area (Å²) >= 11 is 0. The van der Waals surface area contributed by atoms with Gasteiger partial charge in [-0.15, -0.1) is 0 Å². The summed E-state index contributed by atoms with van der Waals surface area (Å²) in [6.07, 6.45) is 2.79. The summed E-state index contributed by atoms with van der Waals surface area (Å²) in [5.74, 6) is 0.753. The van der Waals surface area contributed by atoms with Gasteiger partial charge in [-0.05, 0) is 19.3 Å². The molecule has 0 aromatic carbocycles. The molecule has 0 aliphatic rings. The first-order chi connectivity index (χ1) is 4.13. The molecule has 0 rings (SSSR count). The highest BCUT2D eigenvalue weighted by atomic mass is 16.3. The van der Waals surface area contributed by atoms with E-state index in [1.165, 1.54) is 6.42 Å². The van der Waals surface area contributed by atoms with E-state index >= 15 is 0 Å². The molecule has 9 heavy (non-hydrogen) atoms. The van der Waals surface area contributed by atoms with E-state index < -0.39 is 0 Å². The quantitative estimate of drug-likeness (QED) is 0.615. The van der Waals surface area contributed by atoms with E-state index in [0.717, 1.165) is 18.8 Å². The van der Waals surface area contributed by atoms with Crippen LogP contribution in [0.4, 0.5) is 0 Å². The normalized spacial score (nSPS) is 14.3. The lowest BCUT2D eigenvalue weighted by Gasteiger charge is -2.04. The summed E-state index contributed by atoms with van der Waals surface area (Å²) in [4.78, 5) is 0. The van der Waals surface area contributed by atoms with Gasteiger partial charge in [-0.1, -0.05) is 26.7 Å². The molecular formula is C8H17O. The summed E-state index contributed by atoms with van der Waals surface area (Å²) in [7, 11) is 0. The zero-order valence-electron chi connectivity index (χ0n) is 6.43. The van der Waals surface area contributed by atoms with E-state index in [1.54, 1.807) is 0 Å². The minimum atomic E-state index is -0.358. The van der Waals surface area contributed by atoms with Gasteiger partial charge in [0.05, 0.1) is 6.10 Å². The van der Waals surface area contributed by atoms with Gasteiger partial charge in [0, 0.05) is 0 Å². The van der Waals surface area contributed by atoms with E-state index in [0.29, 0.717) is 0 Å². The fraction of sp³-hybridized carbons (Fsp3) is 0.875. The summed E-state index contributed by atoms with van der Waals surface area (Å²) < 4.78 is 0. The van der Waals surface area contributed by atoms with Gasteiger partial charge in [-0.25, -0.2) is 0 Å². The molecule has 0 heterocycles. The Kier molecular flexibility index (Phi) is 4.78. The molecule has 0 aliphatic heterocycles. The van der Waals surface area contributed by atoms with E-state index in [2.05, 4.69) is 20.8 Å². The molecule has 0 aromatic heterocycles. The van der Waals surface area contributed by atoms with Crippen molar-refractivity contribution in [2.45, 2.75) is 39.2 Å². The number of hydrogen-bond acceptors (Lipinski definition) is 1. The fourth-order valence-corrected chi connectivity index (χ4v) is 0.762. The Hall–Kier alpha value is -0.0400. The van der Waals surface area contributed by atoms with Crippen molar-refractivity contribution in [3.8, 4) is 0 Å². The highest BCUT2D eigenvalue weighted by Crippen LogP contribution is 2.07. The third kappa shape index (κ3) is 7.96. The van der Waals surface area contributed by atoms with Crippen molar-refractivity contribution >= 4 is 0 Å². The van der Waals surface area contributed by atoms with E-state index in [4.69, 9.17) is 5.11 Å². The van der Waals surface area contributed by atoms with Gasteiger partial charge in [0.25, 0.3) is 0 Å². The first-order valence-corrected chi connectivity index (χ1v) is 3.64. The van der Waals surface area contributed by atoms with Gasteiger partial charge < -0.3 is 5.11 Å². The maximum absolute atomic E-state index is 8.75. The van der Waals surface area contributed by atoms with Crippen LogP contribution < -0.4 is 0 Å². The molecule has 0 spiro atoms. The lowest BCUT2D eigenvalue weighted by Crippen LogP contribution is -2.00. The molecule has 1 nitrogen and oxygen atoms in total. The lowest BCUT2D eigenvalue weighted by atomic mass is 10.1. The van der Waals surface area contributed by atoms with Gasteiger partial charge in [-0.2, -0.15) is 0 Å². The Morgan fingerprint density at radius 1 is 1.33 bits per heavy atom. The zero-order chi connectivity index (χ0) is 7.28. The van der Waals surface area contributed by atoms with Crippen molar-refractivity contribution < 1.29 is 5.11 Å². The van der Waals surface area contributed by atoms with Crippen LogP contribution in [0.5, 0.6) is 0 Å². The largest absolute Gasteiger partial charge is 0.393 e. The summed E-state index contributed by atoms with van der Waals surface area (Å²) in [5, 5.41) is 8.75. The molecule has 0 amide bonds. The van der Waals surface area contributed by atoms with Crippen molar-refractivity contribution in [3.05, 3.63) is 6.92 Å². The molecule has 0 fully saturated rings. The van der Waals surface area contributed by atoms with Crippen LogP contribution in [0.15, 0.2) is 0 Å². The minimum Gasteiger partial charge on any atom is -0.393 e. The molecule has 0 bridgehead atoms. The predicted octanol–water partition coefficient (Wildman–Crippen LogP) is 2.01. The summed E-state index contributed by atoms with van der Waals surface area (Å²) in [6, 6.07) is 0. The SMILES string of the molecule is [CH2]C(O)CCCC(C)C. The maximum Gasteiger partial charge on any atom is 0.0541 e. The fourth-order valence-electron chi connectivity index (χ4n) is 0.762. The Bertz CT molecular complexity index is 49.6. The molecule has 0 saturated heterocycles. The van der Waals surface area contributed by atoms with Crippen molar-refractivity contribution in [1.82, 2.24) is 0 Å². The highest BCUT2D eigenvalue weighted by Gasteiger charge is 1.96. The first kappa shape index (κ1) is 8.96. The summed E-state index contributed by atoms with van der Waals surface area (Å²) in [6.45, 7) is 7.87. The maximum atomic E-state index is 8.75. The molecule has 55 valence electrons. The van der Waals surface area contributed by atoms with Crippen LogP contribution in [-0.4, -0.2) is 11.2 Å². The predicted molar refractivity (Wildman–Crippen MR) is 40.1 cm³/mol. The van der Waals surface area contributed by atoms with Crippen LogP contribution in [0.25, 0.3) is 0 Å². The van der Waals surface area contributed by atoms with Crippen LogP contribution in [0.1, 0.15) is 33.1 Å². The average molecular weight is 129 g/mol. The van der Waals surface area contributed by atoms with Crippen molar-refractivity contribution in [3.63, 3.8) is 0 Å². The van der Waals surface area contributed by atoms with Crippen LogP contribution >= 0.6 is 0 Å². The molecule has 0 aromatic rings. The van der Waals surface area contributed by atoms with Crippen molar-refractivity contribution in [2.24, 2.45) is 5.92 Å². The first-order valence-electron chi connectivity index (χ1n) is 3.64. The smallest absolute Gasteiger partial charge is 0.0541 e. The van der Waals surface area contributed by atoms with Crippen LogP contribution in [-0.2, 0) is 0 Å². The Balaban J connectivity index is 2.91. The van der Waals surface area contributed by atoms with Crippen LogP contribution in [0.3, 0.4) is 0 Å². The second-order valence-electron chi connectivity index (χ2n) is 2.98. The molecule has 1 radical (unpaired) electrons. The number of hydrogen-bond donors (Lipinski definition) is 1. The molecule has 1 heteroatoms. The number of aliphatic hydroxyl groups excluding tert-OH is 1. The van der Waals surface area contributed by atoms with Crippen molar-refractivity contribution in [1.29, 1.82) is 0 Å². The molecule has 0 saturated carbocycles. The highest BCUT2D eigenvalue weighted by molar-refractivity contribution is 4.57. The number of rotatable bonds is 4. The van der Waals surface area contributed by atoms with E-state index in [9.17, 15) is 0 Å². The van der Waals surface area contributed by atoms with Gasteiger partial charge in [0.1, 0.15) is 0 Å². The third-order valence-corrected chi connectivity index (χ3v) is 1.32. The molecule has 0 aliphatic carbocycles. The molecule has 1 atom stereocenters. The van der Waals surface area contributed by atoms with E-state index in [1.807, 2.05) is 0 Å². The standard InChI is InChI=1S/C8H17O/c1-7(2)5-4-6-8(3)9/h7-9H,3-6H2,1-2H3. The monoisotopic (exact) mass is 129 g/mol. The van der Waals surface area contributed by atoms with Gasteiger partial charge in [0.15, 0.2) is 0 Å². The Labute approximate surface area is 58.1 Å². The third-order valence-electron chi connectivity index (χ3n) is 1.32. The van der Waals surface area contributed by atoms with E-state index in [-0.39, 0.29) is 6.10 Å². The Morgan fingerprint density at radius 2 is 1.89 bits per heavy atom. The lowest BCUT2D eigenvalue weighted by molar-refractivity contribution is 0.204. The van der Waals surface area contributed by atoms with Gasteiger partial charge in [-0.3, -0.25) is 0 Å². The average Bonchev–Trinajstić information content (AvgIpc) is 1.63. The molecular weight excluding hydrogens is 112 g/mol. The molecule has 1 unspecified atom stereocenters. The Morgan fingerprint density at radius 3 is 2.22 bits per heavy atom. The second-order valence-corrected chi connectivity index (χ2v) is 2.98. The van der Waals surface area contributed by atoms with Crippen LogP contribution in [0.2, 0.25) is 0 Å². The minimum absolute atomic E-state index is 0.358. The second kappa shape index (κ2) is 4.80. The van der Waals surface area contributed by atoms with Gasteiger partial charge in [0.2, 0.25) is 0 Å². The van der Waals surface area contributed by atoms with Crippen molar-refractivity contribution in [2.75, 3.05) is 0 Å². The zero-order valence-corrected chi connectivity index (χ0v) is 6.43. The topological polar surface area (TPSA) is 20.2 Å². The number of aliphatic hydroxyl groups is 1. The summed E-state index contributed by atoms with van der Waals surface area (Å²) in [5.41, 5.74) is 0. The molecule has 1 N–H and O–H groups in total. The van der Waals surface area contributed by atoms with Gasteiger partial charge >= 0.3 is 0 Å². The van der Waals surface area contributed by atoms with Crippen LogP contribution in [0, 0.1) is 12.8 Å².